The second kappa shape index (κ2) is 6.67. The number of carboxylic acid groups (broad SMARTS) is 1. The van der Waals surface area contributed by atoms with Gasteiger partial charge in [-0.2, -0.15) is 0 Å². The molecule has 0 amide bonds. The first-order chi connectivity index (χ1) is 11.1. The van der Waals surface area contributed by atoms with Crippen LogP contribution in [0.4, 0.5) is 0 Å². The summed E-state index contributed by atoms with van der Waals surface area (Å²) in [4.78, 5) is 11.3. The van der Waals surface area contributed by atoms with Gasteiger partial charge < -0.3 is 9.84 Å². The molecule has 0 atom stereocenters. The van der Waals surface area contributed by atoms with Crippen LogP contribution in [0.3, 0.4) is 0 Å². The summed E-state index contributed by atoms with van der Waals surface area (Å²) in [6.07, 6.45) is 0. The summed E-state index contributed by atoms with van der Waals surface area (Å²) in [6.45, 7) is 0. The maximum Gasteiger partial charge on any atom is 0.339 e. The number of rotatable bonds is 4. The van der Waals surface area contributed by atoms with Crippen LogP contribution in [0, 0.1) is 0 Å². The summed E-state index contributed by atoms with van der Waals surface area (Å²) >= 11 is 3.34. The largest absolute Gasteiger partial charge is 0.478 e. The van der Waals surface area contributed by atoms with Crippen molar-refractivity contribution in [1.82, 2.24) is 0 Å². The molecule has 0 radical (unpaired) electrons. The number of hydrogen-bond donors (Lipinski definition) is 1. The minimum absolute atomic E-state index is 0.117. The molecule has 0 unspecified atom stereocenters. The third-order valence-electron chi connectivity index (χ3n) is 3.38. The maximum absolute atomic E-state index is 11.3. The molecule has 0 bridgehead atoms. The minimum atomic E-state index is -1.03. The molecule has 0 spiro atoms. The zero-order valence-electron chi connectivity index (χ0n) is 12.1. The smallest absolute Gasteiger partial charge is 0.339 e. The molecule has 3 rings (SSSR count). The molecule has 3 aromatic carbocycles. The quantitative estimate of drug-likeness (QED) is 0.651. The van der Waals surface area contributed by atoms with E-state index in [0.29, 0.717) is 16.0 Å². The maximum atomic E-state index is 11.3. The molecule has 23 heavy (non-hydrogen) atoms. The van der Waals surface area contributed by atoms with Crippen molar-refractivity contribution in [2.75, 3.05) is 0 Å². The van der Waals surface area contributed by atoms with Gasteiger partial charge in [0.15, 0.2) is 5.75 Å². The Morgan fingerprint density at radius 2 is 1.48 bits per heavy atom. The van der Waals surface area contributed by atoms with Gasteiger partial charge in [-0.05, 0) is 51.3 Å². The van der Waals surface area contributed by atoms with Crippen molar-refractivity contribution < 1.29 is 14.6 Å². The minimum Gasteiger partial charge on any atom is -0.478 e. The third kappa shape index (κ3) is 3.43. The van der Waals surface area contributed by atoms with Crippen LogP contribution in [-0.2, 0) is 0 Å². The Hall–Kier alpha value is -2.59. The van der Waals surface area contributed by atoms with Crippen LogP contribution in [0.5, 0.6) is 11.5 Å². The number of carbonyl (C=O) groups is 1. The molecule has 0 fully saturated rings. The lowest BCUT2D eigenvalue weighted by Gasteiger charge is -2.11. The molecule has 0 aliphatic rings. The van der Waals surface area contributed by atoms with E-state index in [1.54, 1.807) is 12.1 Å². The topological polar surface area (TPSA) is 46.5 Å². The lowest BCUT2D eigenvalue weighted by Crippen LogP contribution is -2.00. The van der Waals surface area contributed by atoms with Crippen molar-refractivity contribution in [3.8, 4) is 22.6 Å². The molecule has 0 aromatic heterocycles. The first-order valence-corrected chi connectivity index (χ1v) is 7.79. The van der Waals surface area contributed by atoms with Crippen molar-refractivity contribution in [1.29, 1.82) is 0 Å². The van der Waals surface area contributed by atoms with Gasteiger partial charge in [-0.15, -0.1) is 0 Å². The van der Waals surface area contributed by atoms with Gasteiger partial charge >= 0.3 is 5.97 Å². The Morgan fingerprint density at radius 1 is 0.826 bits per heavy atom. The highest BCUT2D eigenvalue weighted by molar-refractivity contribution is 9.10. The molecule has 4 heteroatoms. The lowest BCUT2D eigenvalue weighted by molar-refractivity contribution is 0.0694. The van der Waals surface area contributed by atoms with Gasteiger partial charge in [0.2, 0.25) is 0 Å². The fourth-order valence-electron chi connectivity index (χ4n) is 2.24. The highest BCUT2D eigenvalue weighted by Gasteiger charge is 2.15. The van der Waals surface area contributed by atoms with Gasteiger partial charge in [0, 0.05) is 0 Å². The Morgan fingerprint density at radius 3 is 2.13 bits per heavy atom. The summed E-state index contributed by atoms with van der Waals surface area (Å²) < 4.78 is 6.37. The third-order valence-corrected chi connectivity index (χ3v) is 4.00. The van der Waals surface area contributed by atoms with Crippen molar-refractivity contribution in [3.63, 3.8) is 0 Å². The van der Waals surface area contributed by atoms with E-state index in [9.17, 15) is 9.90 Å². The average Bonchev–Trinajstić information content (AvgIpc) is 2.58. The Balaban J connectivity index is 1.89. The van der Waals surface area contributed by atoms with Gasteiger partial charge in [0.1, 0.15) is 11.3 Å². The van der Waals surface area contributed by atoms with E-state index >= 15 is 0 Å². The Bertz CT molecular complexity index is 827. The van der Waals surface area contributed by atoms with Crippen LogP contribution in [0.1, 0.15) is 10.4 Å². The second-order valence-corrected chi connectivity index (χ2v) is 5.77. The number of para-hydroxylation sites is 1. The number of ether oxygens (including phenoxy) is 1. The molecule has 1 N–H and O–H groups in total. The highest BCUT2D eigenvalue weighted by atomic mass is 79.9. The van der Waals surface area contributed by atoms with Crippen LogP contribution in [0.25, 0.3) is 11.1 Å². The molecule has 114 valence electrons. The number of aromatic carboxylic acids is 1. The highest BCUT2D eigenvalue weighted by Crippen LogP contribution is 2.34. The summed E-state index contributed by atoms with van der Waals surface area (Å²) in [5.41, 5.74) is 2.31. The fraction of sp³-hybridized carbons (Fsp3) is 0. The number of hydrogen-bond acceptors (Lipinski definition) is 2. The fourth-order valence-corrected chi connectivity index (χ4v) is 2.69. The summed E-state index contributed by atoms with van der Waals surface area (Å²) in [5, 5.41) is 9.26. The van der Waals surface area contributed by atoms with Crippen LogP contribution in [0.15, 0.2) is 77.3 Å². The van der Waals surface area contributed by atoms with Crippen LogP contribution in [-0.4, -0.2) is 11.1 Å². The van der Waals surface area contributed by atoms with Gasteiger partial charge in [0.25, 0.3) is 0 Å². The van der Waals surface area contributed by atoms with E-state index in [4.69, 9.17) is 4.74 Å². The summed E-state index contributed by atoms with van der Waals surface area (Å²) in [7, 11) is 0. The molecule has 0 saturated heterocycles. The van der Waals surface area contributed by atoms with Crippen LogP contribution in [0.2, 0.25) is 0 Å². The lowest BCUT2D eigenvalue weighted by atomic mass is 10.1. The van der Waals surface area contributed by atoms with Gasteiger partial charge in [-0.3, -0.25) is 0 Å². The molecule has 3 aromatic rings. The van der Waals surface area contributed by atoms with Crippen molar-refractivity contribution in [3.05, 3.63) is 82.8 Å². The second-order valence-electron chi connectivity index (χ2n) is 4.91. The van der Waals surface area contributed by atoms with E-state index in [-0.39, 0.29) is 5.56 Å². The van der Waals surface area contributed by atoms with Gasteiger partial charge in [-0.1, -0.05) is 48.5 Å². The Labute approximate surface area is 142 Å². The molecule has 0 aliphatic heterocycles. The van der Waals surface area contributed by atoms with Crippen molar-refractivity contribution in [2.24, 2.45) is 0 Å². The van der Waals surface area contributed by atoms with E-state index in [2.05, 4.69) is 15.9 Å². The number of carboxylic acids is 1. The zero-order valence-corrected chi connectivity index (χ0v) is 13.7. The average molecular weight is 369 g/mol. The Kier molecular flexibility index (Phi) is 4.44. The monoisotopic (exact) mass is 368 g/mol. The van der Waals surface area contributed by atoms with E-state index in [0.717, 1.165) is 11.1 Å². The zero-order chi connectivity index (χ0) is 16.2. The van der Waals surface area contributed by atoms with E-state index in [1.165, 1.54) is 6.07 Å². The number of benzene rings is 3. The predicted octanol–water partition coefficient (Wildman–Crippen LogP) is 5.61. The van der Waals surface area contributed by atoms with Crippen LogP contribution < -0.4 is 4.74 Å². The molecule has 3 nitrogen and oxygen atoms in total. The molecule has 0 heterocycles. The normalized spacial score (nSPS) is 10.3. The predicted molar refractivity (Wildman–Crippen MR) is 93.1 cm³/mol. The first-order valence-electron chi connectivity index (χ1n) is 7.00. The molecule has 0 saturated carbocycles. The van der Waals surface area contributed by atoms with E-state index in [1.807, 2.05) is 54.6 Å². The van der Waals surface area contributed by atoms with Crippen molar-refractivity contribution in [2.45, 2.75) is 0 Å². The van der Waals surface area contributed by atoms with E-state index < -0.39 is 5.97 Å². The standard InChI is InChI=1S/C19H13BrO3/c20-17-8-4-7-16(19(21)22)18(17)23-15-11-9-14(10-12-15)13-5-2-1-3-6-13/h1-12H,(H,21,22). The summed E-state index contributed by atoms with van der Waals surface area (Å²) in [6, 6.07) is 22.5. The summed E-state index contributed by atoms with van der Waals surface area (Å²) in [5.74, 6) is -0.145. The van der Waals surface area contributed by atoms with Gasteiger partial charge in [-0.25, -0.2) is 4.79 Å². The van der Waals surface area contributed by atoms with Crippen molar-refractivity contribution >= 4 is 21.9 Å². The SMILES string of the molecule is O=C(O)c1cccc(Br)c1Oc1ccc(-c2ccccc2)cc1. The molecule has 0 aliphatic carbocycles. The number of halogens is 1. The first kappa shape index (κ1) is 15.3. The van der Waals surface area contributed by atoms with Crippen LogP contribution >= 0.6 is 15.9 Å². The molecular weight excluding hydrogens is 356 g/mol. The van der Waals surface area contributed by atoms with Gasteiger partial charge in [0.05, 0.1) is 4.47 Å². The molecular formula is C19H13BrO3.